The number of hydrogen-bond donors (Lipinski definition) is 1. The molecule has 1 fully saturated rings. The third-order valence-corrected chi connectivity index (χ3v) is 3.78. The van der Waals surface area contributed by atoms with E-state index in [2.05, 4.69) is 10.2 Å². The molecule has 6 nitrogen and oxygen atoms in total. The van der Waals surface area contributed by atoms with Crippen molar-refractivity contribution in [1.82, 2.24) is 15.1 Å². The first-order valence-corrected chi connectivity index (χ1v) is 7.86. The Balaban J connectivity index is 1.99. The summed E-state index contributed by atoms with van der Waals surface area (Å²) in [5, 5.41) is 3.58. The van der Waals surface area contributed by atoms with Crippen molar-refractivity contribution in [3.63, 3.8) is 0 Å². The molecule has 0 bridgehead atoms. The largest absolute Gasteiger partial charge is 0.382 e. The number of hydrogen-bond acceptors (Lipinski definition) is 5. The molecule has 0 unspecified atom stereocenters. The van der Waals surface area contributed by atoms with Gasteiger partial charge < -0.3 is 19.7 Å². The van der Waals surface area contributed by atoms with E-state index in [0.717, 1.165) is 45.5 Å². The van der Waals surface area contributed by atoms with Gasteiger partial charge in [0, 0.05) is 46.9 Å². The fourth-order valence-electron chi connectivity index (χ4n) is 2.35. The molecular weight excluding hydrogens is 270 g/mol. The van der Waals surface area contributed by atoms with Crippen molar-refractivity contribution in [3.05, 3.63) is 0 Å². The summed E-state index contributed by atoms with van der Waals surface area (Å²) >= 11 is 0. The molecule has 1 heterocycles. The standard InChI is InChI=1S/C15H31N3O3/c1-17(2)15(19)13-18-8-5-14(6-9-18)16-7-4-10-21-12-11-20-3/h14,16H,4-13H2,1-3H3. The highest BCUT2D eigenvalue weighted by Gasteiger charge is 2.20. The number of nitrogens with one attached hydrogen (secondary N) is 1. The lowest BCUT2D eigenvalue weighted by molar-refractivity contribution is -0.130. The van der Waals surface area contributed by atoms with E-state index >= 15 is 0 Å². The molecule has 1 saturated heterocycles. The Labute approximate surface area is 128 Å². The van der Waals surface area contributed by atoms with E-state index in [1.54, 1.807) is 12.0 Å². The van der Waals surface area contributed by atoms with Gasteiger partial charge in [-0.25, -0.2) is 0 Å². The van der Waals surface area contributed by atoms with Gasteiger partial charge in [0.25, 0.3) is 0 Å². The predicted octanol–water partition coefficient (Wildman–Crippen LogP) is 0.182. The summed E-state index contributed by atoms with van der Waals surface area (Å²) < 4.78 is 10.4. The number of likely N-dealkylation sites (N-methyl/N-ethyl adjacent to an activating group) is 1. The Morgan fingerprint density at radius 3 is 2.57 bits per heavy atom. The fourth-order valence-corrected chi connectivity index (χ4v) is 2.35. The zero-order chi connectivity index (χ0) is 15.5. The van der Waals surface area contributed by atoms with Crippen molar-refractivity contribution in [2.45, 2.75) is 25.3 Å². The minimum Gasteiger partial charge on any atom is -0.382 e. The Morgan fingerprint density at radius 2 is 1.95 bits per heavy atom. The van der Waals surface area contributed by atoms with E-state index in [9.17, 15) is 4.79 Å². The second-order valence-electron chi connectivity index (χ2n) is 5.75. The molecule has 0 radical (unpaired) electrons. The van der Waals surface area contributed by atoms with Crippen LogP contribution in [0, 0.1) is 0 Å². The number of likely N-dealkylation sites (tertiary alicyclic amines) is 1. The van der Waals surface area contributed by atoms with Gasteiger partial charge in [-0.2, -0.15) is 0 Å². The minimum atomic E-state index is 0.189. The van der Waals surface area contributed by atoms with Crippen molar-refractivity contribution in [1.29, 1.82) is 0 Å². The van der Waals surface area contributed by atoms with Crippen LogP contribution in [0.5, 0.6) is 0 Å². The van der Waals surface area contributed by atoms with E-state index in [0.29, 0.717) is 25.8 Å². The third-order valence-electron chi connectivity index (χ3n) is 3.78. The predicted molar refractivity (Wildman–Crippen MR) is 83.5 cm³/mol. The van der Waals surface area contributed by atoms with E-state index in [-0.39, 0.29) is 5.91 Å². The van der Waals surface area contributed by atoms with Gasteiger partial charge in [0.1, 0.15) is 0 Å². The molecular formula is C15H31N3O3. The maximum absolute atomic E-state index is 11.7. The van der Waals surface area contributed by atoms with Crippen LogP contribution in [0.4, 0.5) is 0 Å². The molecule has 124 valence electrons. The second-order valence-corrected chi connectivity index (χ2v) is 5.75. The summed E-state index contributed by atoms with van der Waals surface area (Å²) in [6.45, 7) is 5.67. The quantitative estimate of drug-likeness (QED) is 0.584. The molecule has 0 spiro atoms. The topological polar surface area (TPSA) is 54.0 Å². The number of ether oxygens (including phenoxy) is 2. The van der Waals surface area contributed by atoms with Crippen molar-refractivity contribution < 1.29 is 14.3 Å². The second kappa shape index (κ2) is 11.0. The third kappa shape index (κ3) is 8.36. The lowest BCUT2D eigenvalue weighted by Gasteiger charge is -2.32. The molecule has 0 aromatic heterocycles. The van der Waals surface area contributed by atoms with Crippen LogP contribution >= 0.6 is 0 Å². The maximum atomic E-state index is 11.7. The van der Waals surface area contributed by atoms with Gasteiger partial charge in [0.05, 0.1) is 19.8 Å². The zero-order valence-electron chi connectivity index (χ0n) is 13.8. The molecule has 0 aromatic carbocycles. The molecule has 0 aromatic rings. The number of carbonyl (C=O) groups is 1. The molecule has 1 rings (SSSR count). The van der Waals surface area contributed by atoms with Crippen molar-refractivity contribution in [3.8, 4) is 0 Å². The van der Waals surface area contributed by atoms with Gasteiger partial charge in [-0.3, -0.25) is 9.69 Å². The molecule has 1 N–H and O–H groups in total. The summed E-state index contributed by atoms with van der Waals surface area (Å²) in [5.74, 6) is 0.189. The van der Waals surface area contributed by atoms with Crippen molar-refractivity contribution >= 4 is 5.91 Å². The first-order chi connectivity index (χ1) is 10.1. The van der Waals surface area contributed by atoms with E-state index in [1.807, 2.05) is 14.1 Å². The first kappa shape index (κ1) is 18.4. The minimum absolute atomic E-state index is 0.189. The van der Waals surface area contributed by atoms with Gasteiger partial charge >= 0.3 is 0 Å². The number of methoxy groups -OCH3 is 1. The summed E-state index contributed by atoms with van der Waals surface area (Å²) in [6.07, 6.45) is 3.26. The lowest BCUT2D eigenvalue weighted by Crippen LogP contribution is -2.46. The van der Waals surface area contributed by atoms with Crippen LogP contribution in [0.25, 0.3) is 0 Å². The molecule has 0 saturated carbocycles. The van der Waals surface area contributed by atoms with Gasteiger partial charge in [0.2, 0.25) is 5.91 Å². The van der Waals surface area contributed by atoms with Gasteiger partial charge in [-0.1, -0.05) is 0 Å². The van der Waals surface area contributed by atoms with Crippen LogP contribution in [0.15, 0.2) is 0 Å². The highest BCUT2D eigenvalue weighted by Crippen LogP contribution is 2.10. The highest BCUT2D eigenvalue weighted by atomic mass is 16.5. The van der Waals surface area contributed by atoms with Crippen LogP contribution in [-0.4, -0.2) is 89.0 Å². The molecule has 21 heavy (non-hydrogen) atoms. The van der Waals surface area contributed by atoms with Crippen molar-refractivity contribution in [2.24, 2.45) is 0 Å². The van der Waals surface area contributed by atoms with E-state index < -0.39 is 0 Å². The van der Waals surface area contributed by atoms with Gasteiger partial charge in [0.15, 0.2) is 0 Å². The molecule has 1 aliphatic heterocycles. The SMILES string of the molecule is COCCOCCCNC1CCN(CC(=O)N(C)C)CC1. The molecule has 6 heteroatoms. The van der Waals surface area contributed by atoms with Crippen molar-refractivity contribution in [2.75, 3.05) is 67.2 Å². The summed E-state index contributed by atoms with van der Waals surface area (Å²) in [7, 11) is 5.31. The average molecular weight is 301 g/mol. The monoisotopic (exact) mass is 301 g/mol. The summed E-state index contributed by atoms with van der Waals surface area (Å²) in [4.78, 5) is 15.6. The zero-order valence-corrected chi connectivity index (χ0v) is 13.8. The Hall–Kier alpha value is -0.690. The molecule has 1 amide bonds. The number of piperidine rings is 1. The van der Waals surface area contributed by atoms with E-state index in [1.165, 1.54) is 0 Å². The normalized spacial score (nSPS) is 17.1. The Kier molecular flexibility index (Phi) is 9.58. The van der Waals surface area contributed by atoms with Crippen LogP contribution in [0.1, 0.15) is 19.3 Å². The maximum Gasteiger partial charge on any atom is 0.236 e. The summed E-state index contributed by atoms with van der Waals surface area (Å²) in [5.41, 5.74) is 0. The Morgan fingerprint density at radius 1 is 1.24 bits per heavy atom. The van der Waals surface area contributed by atoms with Gasteiger partial charge in [-0.15, -0.1) is 0 Å². The van der Waals surface area contributed by atoms with E-state index in [4.69, 9.17) is 9.47 Å². The van der Waals surface area contributed by atoms with Crippen LogP contribution in [-0.2, 0) is 14.3 Å². The Bertz CT molecular complexity index is 279. The molecule has 0 aliphatic carbocycles. The lowest BCUT2D eigenvalue weighted by atomic mass is 10.0. The smallest absolute Gasteiger partial charge is 0.236 e. The van der Waals surface area contributed by atoms with Crippen LogP contribution < -0.4 is 5.32 Å². The molecule has 1 aliphatic rings. The highest BCUT2D eigenvalue weighted by molar-refractivity contribution is 5.77. The van der Waals surface area contributed by atoms with Gasteiger partial charge in [-0.05, 0) is 25.8 Å². The number of nitrogens with zero attached hydrogens (tertiary/aromatic N) is 2. The number of carbonyl (C=O) groups excluding carboxylic acids is 1. The summed E-state index contributed by atoms with van der Waals surface area (Å²) in [6, 6.07) is 0.578. The number of amides is 1. The average Bonchev–Trinajstić information content (AvgIpc) is 2.48. The van der Waals surface area contributed by atoms with Crippen LogP contribution in [0.3, 0.4) is 0 Å². The van der Waals surface area contributed by atoms with Crippen LogP contribution in [0.2, 0.25) is 0 Å². The number of rotatable bonds is 10. The molecule has 0 atom stereocenters. The fraction of sp³-hybridized carbons (Fsp3) is 0.933. The first-order valence-electron chi connectivity index (χ1n) is 7.86.